The Morgan fingerprint density at radius 1 is 0.591 bits per heavy atom. The van der Waals surface area contributed by atoms with Crippen LogP contribution < -0.4 is 0 Å². The topological polar surface area (TPSA) is 18.5 Å². The molecule has 0 amide bonds. The van der Waals surface area contributed by atoms with Gasteiger partial charge in [-0.25, -0.2) is 0 Å². The van der Waals surface area contributed by atoms with Crippen LogP contribution in [-0.4, -0.2) is 13.2 Å². The van der Waals surface area contributed by atoms with Crippen LogP contribution in [0, 0.1) is 27.7 Å². The normalized spacial score (nSPS) is 11.2. The molecule has 0 aliphatic heterocycles. The van der Waals surface area contributed by atoms with E-state index < -0.39 is 0 Å². The Morgan fingerprint density at radius 3 is 1.18 bits per heavy atom. The quantitative estimate of drug-likeness (QED) is 0.527. The molecule has 1 aromatic rings. The number of benzene rings is 1. The van der Waals surface area contributed by atoms with Gasteiger partial charge >= 0.3 is 0 Å². The average molecular weight is 306 g/mol. The van der Waals surface area contributed by atoms with Crippen molar-refractivity contribution in [3.8, 4) is 0 Å². The number of hydrogen-bond donors (Lipinski definition) is 0. The van der Waals surface area contributed by atoms with Crippen molar-refractivity contribution in [3.63, 3.8) is 0 Å². The van der Waals surface area contributed by atoms with Crippen LogP contribution in [0.5, 0.6) is 0 Å². The van der Waals surface area contributed by atoms with Crippen molar-refractivity contribution in [1.29, 1.82) is 0 Å². The molecule has 0 bridgehead atoms. The summed E-state index contributed by atoms with van der Waals surface area (Å²) in [6.45, 7) is 16.4. The van der Waals surface area contributed by atoms with Crippen LogP contribution in [0.3, 0.4) is 0 Å². The smallest absolute Gasteiger partial charge is 0.0722 e. The highest BCUT2D eigenvalue weighted by Crippen LogP contribution is 2.28. The van der Waals surface area contributed by atoms with E-state index in [2.05, 4.69) is 41.5 Å². The first-order chi connectivity index (χ1) is 10.5. The van der Waals surface area contributed by atoms with Crippen molar-refractivity contribution in [1.82, 2.24) is 0 Å². The lowest BCUT2D eigenvalue weighted by Gasteiger charge is -2.21. The summed E-state index contributed by atoms with van der Waals surface area (Å²) in [5.41, 5.74) is 8.21. The van der Waals surface area contributed by atoms with Crippen molar-refractivity contribution in [2.24, 2.45) is 0 Å². The van der Waals surface area contributed by atoms with E-state index in [9.17, 15) is 0 Å². The van der Waals surface area contributed by atoms with Gasteiger partial charge in [0.1, 0.15) is 0 Å². The van der Waals surface area contributed by atoms with Gasteiger partial charge in [0, 0.05) is 13.2 Å². The summed E-state index contributed by atoms with van der Waals surface area (Å²) >= 11 is 0. The predicted octanol–water partition coefficient (Wildman–Crippen LogP) is 5.55. The van der Waals surface area contributed by atoms with Crippen molar-refractivity contribution >= 4 is 0 Å². The minimum Gasteiger partial charge on any atom is -0.377 e. The lowest BCUT2D eigenvalue weighted by Crippen LogP contribution is -2.09. The Hall–Kier alpha value is -0.860. The van der Waals surface area contributed by atoms with Gasteiger partial charge in [-0.05, 0) is 73.9 Å². The van der Waals surface area contributed by atoms with Crippen LogP contribution in [0.1, 0.15) is 72.9 Å². The highest BCUT2D eigenvalue weighted by atomic mass is 16.5. The third kappa shape index (κ3) is 5.10. The monoisotopic (exact) mass is 306 g/mol. The molecule has 0 aliphatic rings. The largest absolute Gasteiger partial charge is 0.377 e. The SMILES string of the molecule is CCCCOCc1c(C)c(C)c(COCCCC)c(C)c1C. The molecule has 22 heavy (non-hydrogen) atoms. The fraction of sp³-hybridized carbons (Fsp3) is 0.700. The maximum atomic E-state index is 5.85. The molecule has 0 fully saturated rings. The van der Waals surface area contributed by atoms with Gasteiger partial charge in [0.15, 0.2) is 0 Å². The molecule has 126 valence electrons. The Bertz CT molecular complexity index is 391. The van der Waals surface area contributed by atoms with Crippen LogP contribution in [0.25, 0.3) is 0 Å². The van der Waals surface area contributed by atoms with E-state index in [4.69, 9.17) is 9.47 Å². The number of hydrogen-bond acceptors (Lipinski definition) is 2. The van der Waals surface area contributed by atoms with E-state index in [1.807, 2.05) is 0 Å². The van der Waals surface area contributed by atoms with Crippen LogP contribution >= 0.6 is 0 Å². The van der Waals surface area contributed by atoms with Gasteiger partial charge in [-0.2, -0.15) is 0 Å². The Labute approximate surface area is 137 Å². The third-order valence-corrected chi connectivity index (χ3v) is 4.71. The highest BCUT2D eigenvalue weighted by molar-refractivity contribution is 5.49. The number of rotatable bonds is 10. The fourth-order valence-electron chi connectivity index (χ4n) is 2.74. The summed E-state index contributed by atoms with van der Waals surface area (Å²) in [4.78, 5) is 0. The van der Waals surface area contributed by atoms with Crippen LogP contribution in [0.4, 0.5) is 0 Å². The second kappa shape index (κ2) is 10.0. The van der Waals surface area contributed by atoms with Crippen LogP contribution in [0.2, 0.25) is 0 Å². The van der Waals surface area contributed by atoms with Gasteiger partial charge in [0.05, 0.1) is 13.2 Å². The average Bonchev–Trinajstić information content (AvgIpc) is 2.51. The van der Waals surface area contributed by atoms with E-state index in [-0.39, 0.29) is 0 Å². The molecule has 2 nitrogen and oxygen atoms in total. The molecule has 0 heterocycles. The predicted molar refractivity (Wildman–Crippen MR) is 94.5 cm³/mol. The number of ether oxygens (including phenoxy) is 2. The molecule has 0 aliphatic carbocycles. The molecule has 0 unspecified atom stereocenters. The molecule has 0 atom stereocenters. The maximum Gasteiger partial charge on any atom is 0.0722 e. The van der Waals surface area contributed by atoms with E-state index >= 15 is 0 Å². The van der Waals surface area contributed by atoms with Gasteiger partial charge in [-0.3, -0.25) is 0 Å². The van der Waals surface area contributed by atoms with Crippen molar-refractivity contribution in [2.45, 2.75) is 80.4 Å². The van der Waals surface area contributed by atoms with Gasteiger partial charge in [0.2, 0.25) is 0 Å². The van der Waals surface area contributed by atoms with Crippen LogP contribution in [0.15, 0.2) is 0 Å². The maximum absolute atomic E-state index is 5.85. The zero-order valence-electron chi connectivity index (χ0n) is 15.5. The van der Waals surface area contributed by atoms with E-state index in [0.717, 1.165) is 39.3 Å². The highest BCUT2D eigenvalue weighted by Gasteiger charge is 2.14. The summed E-state index contributed by atoms with van der Waals surface area (Å²) < 4.78 is 11.7. The molecule has 0 spiro atoms. The molecule has 0 N–H and O–H groups in total. The fourth-order valence-corrected chi connectivity index (χ4v) is 2.74. The zero-order valence-corrected chi connectivity index (χ0v) is 15.5. The summed E-state index contributed by atoms with van der Waals surface area (Å²) in [5.74, 6) is 0. The van der Waals surface area contributed by atoms with Crippen molar-refractivity contribution in [3.05, 3.63) is 33.4 Å². The third-order valence-electron chi connectivity index (χ3n) is 4.71. The number of unbranched alkanes of at least 4 members (excludes halogenated alkanes) is 2. The standard InChI is InChI=1S/C20H34O2/c1-7-9-11-21-13-19-15(3)17(5)20(18(6)16(19)4)14-22-12-10-8-2/h7-14H2,1-6H3. The summed E-state index contributed by atoms with van der Waals surface area (Å²) in [5, 5.41) is 0. The lowest BCUT2D eigenvalue weighted by molar-refractivity contribution is 0.115. The first kappa shape index (κ1) is 19.2. The minimum atomic E-state index is 0.732. The lowest BCUT2D eigenvalue weighted by atomic mass is 9.89. The van der Waals surface area contributed by atoms with Crippen LogP contribution in [-0.2, 0) is 22.7 Å². The molecule has 0 aromatic heterocycles. The molecule has 2 heteroatoms. The zero-order chi connectivity index (χ0) is 16.5. The molecule has 1 rings (SSSR count). The van der Waals surface area contributed by atoms with Gasteiger partial charge in [-0.15, -0.1) is 0 Å². The minimum absolute atomic E-state index is 0.732. The Kier molecular flexibility index (Phi) is 8.74. The summed E-state index contributed by atoms with van der Waals surface area (Å²) in [7, 11) is 0. The van der Waals surface area contributed by atoms with E-state index in [1.165, 1.54) is 46.2 Å². The van der Waals surface area contributed by atoms with Crippen molar-refractivity contribution in [2.75, 3.05) is 13.2 Å². The van der Waals surface area contributed by atoms with Crippen molar-refractivity contribution < 1.29 is 9.47 Å². The molecule has 0 radical (unpaired) electrons. The summed E-state index contributed by atoms with van der Waals surface area (Å²) in [6, 6.07) is 0. The molecular weight excluding hydrogens is 272 g/mol. The Balaban J connectivity index is 2.85. The van der Waals surface area contributed by atoms with E-state index in [0.29, 0.717) is 0 Å². The molecule has 1 aromatic carbocycles. The van der Waals surface area contributed by atoms with Gasteiger partial charge < -0.3 is 9.47 Å². The van der Waals surface area contributed by atoms with Gasteiger partial charge in [-0.1, -0.05) is 26.7 Å². The first-order valence-corrected chi connectivity index (χ1v) is 8.78. The first-order valence-electron chi connectivity index (χ1n) is 8.78. The van der Waals surface area contributed by atoms with Gasteiger partial charge in [0.25, 0.3) is 0 Å². The Morgan fingerprint density at radius 2 is 0.909 bits per heavy atom. The molecule has 0 saturated carbocycles. The summed E-state index contributed by atoms with van der Waals surface area (Å²) in [6.07, 6.45) is 4.65. The van der Waals surface area contributed by atoms with E-state index in [1.54, 1.807) is 0 Å². The second-order valence-corrected chi connectivity index (χ2v) is 6.27. The second-order valence-electron chi connectivity index (χ2n) is 6.27. The molecule has 0 saturated heterocycles. The molecular formula is C20H34O2.